The molecule has 2 N–H and O–H groups in total. The van der Waals surface area contributed by atoms with Gasteiger partial charge in [0.1, 0.15) is 17.7 Å². The van der Waals surface area contributed by atoms with Gasteiger partial charge < -0.3 is 20.3 Å². The molecule has 0 spiro atoms. The lowest BCUT2D eigenvalue weighted by atomic mass is 9.87. The first-order chi connectivity index (χ1) is 18.5. The average Bonchev–Trinajstić information content (AvgIpc) is 2.82. The number of hydrogen-bond donors (Lipinski definition) is 2. The molecule has 2 aromatic rings. The maximum Gasteiger partial charge on any atom is 0.408 e. The molecule has 0 radical (unpaired) electrons. The number of ether oxygens (including phenoxy) is 1. The molecule has 3 amide bonds. The van der Waals surface area contributed by atoms with Gasteiger partial charge in [-0.2, -0.15) is 0 Å². The van der Waals surface area contributed by atoms with Crippen LogP contribution in [-0.4, -0.2) is 46.5 Å². The van der Waals surface area contributed by atoms with Crippen molar-refractivity contribution in [1.29, 1.82) is 0 Å². The van der Waals surface area contributed by atoms with Gasteiger partial charge in [-0.3, -0.25) is 9.59 Å². The molecule has 1 saturated carbocycles. The summed E-state index contributed by atoms with van der Waals surface area (Å²) in [4.78, 5) is 42.9. The summed E-state index contributed by atoms with van der Waals surface area (Å²) in [6.45, 7) is 11.4. The van der Waals surface area contributed by atoms with Crippen LogP contribution in [0.2, 0.25) is 0 Å². The van der Waals surface area contributed by atoms with Crippen LogP contribution >= 0.6 is 0 Å². The van der Waals surface area contributed by atoms with Gasteiger partial charge in [0, 0.05) is 18.5 Å². The van der Waals surface area contributed by atoms with E-state index in [2.05, 4.69) is 17.6 Å². The van der Waals surface area contributed by atoms with Gasteiger partial charge in [-0.05, 0) is 71.4 Å². The first-order valence-electron chi connectivity index (χ1n) is 14.2. The lowest BCUT2D eigenvalue weighted by molar-refractivity contribution is -0.147. The van der Waals surface area contributed by atoms with Crippen molar-refractivity contribution in [3.05, 3.63) is 71.3 Å². The maximum atomic E-state index is 14.5. The highest BCUT2D eigenvalue weighted by atomic mass is 16.6. The molecule has 0 bridgehead atoms. The third-order valence-electron chi connectivity index (χ3n) is 7.02. The van der Waals surface area contributed by atoms with Crippen molar-refractivity contribution in [3.63, 3.8) is 0 Å². The van der Waals surface area contributed by atoms with Gasteiger partial charge in [0.05, 0.1) is 0 Å². The number of benzene rings is 2. The molecule has 0 aromatic heterocycles. The molecule has 1 fully saturated rings. The average molecular weight is 536 g/mol. The minimum absolute atomic E-state index is 0.0196. The van der Waals surface area contributed by atoms with E-state index in [1.165, 1.54) is 0 Å². The van der Waals surface area contributed by atoms with Crippen LogP contribution in [0, 0.1) is 6.92 Å². The highest BCUT2D eigenvalue weighted by Crippen LogP contribution is 2.34. The van der Waals surface area contributed by atoms with Crippen molar-refractivity contribution in [2.45, 2.75) is 110 Å². The summed E-state index contributed by atoms with van der Waals surface area (Å²) in [5.74, 6) is -0.478. The molecular weight excluding hydrogens is 490 g/mol. The summed E-state index contributed by atoms with van der Waals surface area (Å²) in [5.41, 5.74) is 2.04. The third-order valence-corrected chi connectivity index (χ3v) is 7.02. The summed E-state index contributed by atoms with van der Waals surface area (Å²) in [6, 6.07) is 15.6. The maximum absolute atomic E-state index is 14.5. The number of amides is 3. The quantitative estimate of drug-likeness (QED) is 0.377. The Balaban J connectivity index is 2.01. The Morgan fingerprint density at radius 2 is 1.64 bits per heavy atom. The summed E-state index contributed by atoms with van der Waals surface area (Å²) >= 11 is 0. The molecule has 7 heteroatoms. The summed E-state index contributed by atoms with van der Waals surface area (Å²) in [6.07, 6.45) is 4.05. The fraction of sp³-hybridized carbons (Fsp3) is 0.531. The number of carbonyl (C=O) groups excluding carboxylic acids is 3. The summed E-state index contributed by atoms with van der Waals surface area (Å²) in [5, 5.41) is 5.98. The number of aryl methyl sites for hydroxylation is 1. The molecule has 3 unspecified atom stereocenters. The normalized spacial score (nSPS) is 15.8. The van der Waals surface area contributed by atoms with Gasteiger partial charge in [-0.25, -0.2) is 4.79 Å². The number of rotatable bonds is 11. The van der Waals surface area contributed by atoms with Gasteiger partial charge >= 0.3 is 6.09 Å². The van der Waals surface area contributed by atoms with Crippen LogP contribution in [0.5, 0.6) is 0 Å². The summed E-state index contributed by atoms with van der Waals surface area (Å²) < 4.78 is 5.52. The Hall–Kier alpha value is -3.35. The monoisotopic (exact) mass is 535 g/mol. The van der Waals surface area contributed by atoms with E-state index in [9.17, 15) is 14.4 Å². The molecule has 0 saturated heterocycles. The van der Waals surface area contributed by atoms with Crippen LogP contribution in [0.15, 0.2) is 54.6 Å². The SMILES string of the molecule is CCCC(C)NC(=O)C(c1ccc(C)cc1)N(C(=O)C(Cc1ccccc1)NC(=O)OC(C)(C)C)C1CCC1. The number of nitrogens with zero attached hydrogens (tertiary/aromatic N) is 1. The van der Waals surface area contributed by atoms with Crippen LogP contribution in [0.3, 0.4) is 0 Å². The fourth-order valence-electron chi connectivity index (χ4n) is 4.88. The Bertz CT molecular complexity index is 1090. The van der Waals surface area contributed by atoms with Crippen LogP contribution in [0.25, 0.3) is 0 Å². The smallest absolute Gasteiger partial charge is 0.408 e. The first kappa shape index (κ1) is 30.2. The van der Waals surface area contributed by atoms with Crippen molar-refractivity contribution in [1.82, 2.24) is 15.5 Å². The van der Waals surface area contributed by atoms with Crippen molar-refractivity contribution in [2.75, 3.05) is 0 Å². The molecule has 39 heavy (non-hydrogen) atoms. The van der Waals surface area contributed by atoms with Crippen LogP contribution < -0.4 is 10.6 Å². The van der Waals surface area contributed by atoms with Crippen molar-refractivity contribution >= 4 is 17.9 Å². The second-order valence-electron chi connectivity index (χ2n) is 11.7. The van der Waals surface area contributed by atoms with E-state index < -0.39 is 23.8 Å². The van der Waals surface area contributed by atoms with Gasteiger partial charge in [0.25, 0.3) is 0 Å². The predicted octanol–water partition coefficient (Wildman–Crippen LogP) is 5.86. The third kappa shape index (κ3) is 8.84. The molecule has 1 aliphatic carbocycles. The second kappa shape index (κ2) is 13.6. The first-order valence-corrected chi connectivity index (χ1v) is 14.2. The number of alkyl carbamates (subject to hydrolysis) is 1. The van der Waals surface area contributed by atoms with E-state index in [1.54, 1.807) is 25.7 Å². The van der Waals surface area contributed by atoms with E-state index in [0.717, 1.165) is 48.8 Å². The van der Waals surface area contributed by atoms with Crippen molar-refractivity contribution in [2.24, 2.45) is 0 Å². The minimum Gasteiger partial charge on any atom is -0.444 e. The molecule has 2 aromatic carbocycles. The Morgan fingerprint density at radius 1 is 1.00 bits per heavy atom. The van der Waals surface area contributed by atoms with Gasteiger partial charge in [0.15, 0.2) is 0 Å². The molecule has 212 valence electrons. The minimum atomic E-state index is -0.892. The van der Waals surface area contributed by atoms with Crippen LogP contribution in [-0.2, 0) is 20.7 Å². The largest absolute Gasteiger partial charge is 0.444 e. The standard InChI is InChI=1S/C32H45N3O4/c1-7-12-23(3)33-29(36)28(25-19-17-22(2)18-20-25)35(26-15-11-16-26)30(37)27(21-24-13-9-8-10-14-24)34-31(38)39-32(4,5)6/h8-10,13-14,17-20,23,26-28H,7,11-12,15-16,21H2,1-6H3,(H,33,36)(H,34,38). The number of nitrogens with one attached hydrogen (secondary N) is 2. The lowest BCUT2D eigenvalue weighted by Gasteiger charge is -2.44. The van der Waals surface area contributed by atoms with Crippen LogP contribution in [0.4, 0.5) is 4.79 Å². The van der Waals surface area contributed by atoms with Gasteiger partial charge in [0.2, 0.25) is 11.8 Å². The Morgan fingerprint density at radius 3 is 2.18 bits per heavy atom. The van der Waals surface area contributed by atoms with Crippen molar-refractivity contribution in [3.8, 4) is 0 Å². The van der Waals surface area contributed by atoms with E-state index in [-0.39, 0.29) is 30.3 Å². The topological polar surface area (TPSA) is 87.7 Å². The molecule has 0 heterocycles. The summed E-state index contributed by atoms with van der Waals surface area (Å²) in [7, 11) is 0. The zero-order valence-corrected chi connectivity index (χ0v) is 24.3. The van der Waals surface area contributed by atoms with Crippen molar-refractivity contribution < 1.29 is 19.1 Å². The van der Waals surface area contributed by atoms with E-state index in [4.69, 9.17) is 4.74 Å². The van der Waals surface area contributed by atoms with Gasteiger partial charge in [-0.1, -0.05) is 73.5 Å². The van der Waals surface area contributed by atoms with Crippen LogP contribution in [0.1, 0.15) is 89.5 Å². The Kier molecular flexibility index (Phi) is 10.6. The predicted molar refractivity (Wildman–Crippen MR) is 154 cm³/mol. The van der Waals surface area contributed by atoms with E-state index in [0.29, 0.717) is 0 Å². The van der Waals surface area contributed by atoms with Gasteiger partial charge in [-0.15, -0.1) is 0 Å². The zero-order valence-electron chi connectivity index (χ0n) is 24.3. The Labute approximate surface area is 233 Å². The lowest BCUT2D eigenvalue weighted by Crippen LogP contribution is -2.58. The van der Waals surface area contributed by atoms with E-state index in [1.807, 2.05) is 68.4 Å². The highest BCUT2D eigenvalue weighted by molar-refractivity contribution is 5.92. The fourth-order valence-corrected chi connectivity index (χ4v) is 4.88. The zero-order chi connectivity index (χ0) is 28.6. The molecular formula is C32H45N3O4. The molecule has 1 aliphatic rings. The molecule has 3 atom stereocenters. The van der Waals surface area contributed by atoms with E-state index >= 15 is 0 Å². The molecule has 3 rings (SSSR count). The molecule has 7 nitrogen and oxygen atoms in total. The number of carbonyl (C=O) groups is 3. The second-order valence-corrected chi connectivity index (χ2v) is 11.7. The molecule has 0 aliphatic heterocycles. The highest BCUT2D eigenvalue weighted by Gasteiger charge is 2.42. The number of hydrogen-bond acceptors (Lipinski definition) is 4.